The number of rotatable bonds is 5. The molecule has 7 heteroatoms. The number of nitro groups is 1. The highest BCUT2D eigenvalue weighted by molar-refractivity contribution is 5.90. The molecule has 116 valence electrons. The maximum atomic E-state index is 12.0. The number of nitrogens with zero attached hydrogens (tertiary/aromatic N) is 1. The number of carbonyl (C=O) groups excluding carboxylic acids is 1. The molecule has 3 rings (SSSR count). The first-order valence-corrected chi connectivity index (χ1v) is 7.20. The lowest BCUT2D eigenvalue weighted by atomic mass is 9.80. The Morgan fingerprint density at radius 1 is 1.45 bits per heavy atom. The van der Waals surface area contributed by atoms with E-state index in [9.17, 15) is 20.0 Å². The Hall–Kier alpha value is -2.41. The van der Waals surface area contributed by atoms with E-state index in [1.54, 1.807) is 12.3 Å². The summed E-state index contributed by atoms with van der Waals surface area (Å²) in [6.45, 7) is 0.258. The minimum atomic E-state index is -0.755. The number of nitro benzene ring substituents is 1. The maximum Gasteiger partial charge on any atom is 0.270 e. The molecule has 1 aromatic heterocycles. The summed E-state index contributed by atoms with van der Waals surface area (Å²) >= 11 is 0. The number of H-pyrrole nitrogens is 1. The molecule has 7 nitrogen and oxygen atoms in total. The number of aromatic nitrogens is 1. The van der Waals surface area contributed by atoms with Crippen molar-refractivity contribution in [3.8, 4) is 0 Å². The number of nitrogens with one attached hydrogen (secondary N) is 2. The second-order valence-electron chi connectivity index (χ2n) is 5.83. The number of fused-ring (bicyclic) bond motifs is 1. The van der Waals surface area contributed by atoms with E-state index < -0.39 is 10.5 Å². The molecule has 1 aliphatic rings. The van der Waals surface area contributed by atoms with E-state index in [1.165, 1.54) is 12.1 Å². The lowest BCUT2D eigenvalue weighted by molar-refractivity contribution is -0.384. The fourth-order valence-electron chi connectivity index (χ4n) is 2.69. The molecule has 22 heavy (non-hydrogen) atoms. The molecule has 0 radical (unpaired) electrons. The molecule has 0 spiro atoms. The zero-order valence-corrected chi connectivity index (χ0v) is 12.0. The van der Waals surface area contributed by atoms with Gasteiger partial charge in [0, 0.05) is 35.8 Å². The van der Waals surface area contributed by atoms with E-state index in [1.807, 2.05) is 0 Å². The van der Waals surface area contributed by atoms with E-state index >= 15 is 0 Å². The molecule has 3 N–H and O–H groups in total. The van der Waals surface area contributed by atoms with Crippen molar-refractivity contribution in [2.75, 3.05) is 6.54 Å². The Morgan fingerprint density at radius 2 is 2.23 bits per heavy atom. The Morgan fingerprint density at radius 3 is 2.86 bits per heavy atom. The van der Waals surface area contributed by atoms with Gasteiger partial charge in [0.15, 0.2) is 0 Å². The highest BCUT2D eigenvalue weighted by Gasteiger charge is 2.34. The first-order chi connectivity index (χ1) is 10.5. The first-order valence-electron chi connectivity index (χ1n) is 7.20. The predicted molar refractivity (Wildman–Crippen MR) is 80.5 cm³/mol. The molecule has 1 fully saturated rings. The number of benzene rings is 1. The Kier molecular flexibility index (Phi) is 3.58. The minimum Gasteiger partial charge on any atom is -0.388 e. The highest BCUT2D eigenvalue weighted by atomic mass is 16.6. The van der Waals surface area contributed by atoms with Crippen LogP contribution >= 0.6 is 0 Å². The number of hydrogen-bond donors (Lipinski definition) is 3. The van der Waals surface area contributed by atoms with Crippen LogP contribution in [-0.2, 0) is 11.2 Å². The van der Waals surface area contributed by atoms with Crippen LogP contribution in [0.5, 0.6) is 0 Å². The average Bonchev–Trinajstić information content (AvgIpc) is 2.85. The van der Waals surface area contributed by atoms with Gasteiger partial charge in [-0.25, -0.2) is 0 Å². The van der Waals surface area contributed by atoms with E-state index in [2.05, 4.69) is 10.3 Å². The van der Waals surface area contributed by atoms with Gasteiger partial charge in [0.2, 0.25) is 5.91 Å². The monoisotopic (exact) mass is 303 g/mol. The molecule has 1 amide bonds. The molecule has 1 aliphatic carbocycles. The van der Waals surface area contributed by atoms with Crippen molar-refractivity contribution in [2.24, 2.45) is 0 Å². The SMILES string of the molecule is O=C(Cc1c[nH]c2ccc([N+](=O)[O-])cc12)NCC1(O)CCC1. The summed E-state index contributed by atoms with van der Waals surface area (Å²) in [5, 5.41) is 24.2. The molecule has 2 aromatic rings. The fraction of sp³-hybridized carbons (Fsp3) is 0.400. The van der Waals surface area contributed by atoms with Crippen molar-refractivity contribution in [3.63, 3.8) is 0 Å². The number of carbonyl (C=O) groups is 1. The van der Waals surface area contributed by atoms with Crippen LogP contribution in [0, 0.1) is 10.1 Å². The number of amides is 1. The number of aliphatic hydroxyl groups is 1. The number of aromatic amines is 1. The van der Waals surface area contributed by atoms with Crippen LogP contribution in [0.4, 0.5) is 5.69 Å². The third-order valence-corrected chi connectivity index (χ3v) is 4.21. The summed E-state index contributed by atoms with van der Waals surface area (Å²) in [6, 6.07) is 4.52. The zero-order valence-electron chi connectivity index (χ0n) is 12.0. The predicted octanol–water partition coefficient (Wildman–Crippen LogP) is 1.65. The van der Waals surface area contributed by atoms with Crippen LogP contribution in [0.1, 0.15) is 24.8 Å². The molecular formula is C15H17N3O4. The van der Waals surface area contributed by atoms with Gasteiger partial charge in [-0.3, -0.25) is 14.9 Å². The second-order valence-corrected chi connectivity index (χ2v) is 5.83. The van der Waals surface area contributed by atoms with Gasteiger partial charge in [-0.1, -0.05) is 0 Å². The van der Waals surface area contributed by atoms with Gasteiger partial charge in [-0.2, -0.15) is 0 Å². The van der Waals surface area contributed by atoms with Crippen LogP contribution < -0.4 is 5.32 Å². The minimum absolute atomic E-state index is 0.00228. The maximum absolute atomic E-state index is 12.0. The molecule has 0 saturated heterocycles. The summed E-state index contributed by atoms with van der Waals surface area (Å²) in [4.78, 5) is 25.4. The summed E-state index contributed by atoms with van der Waals surface area (Å²) in [5.74, 6) is -0.201. The summed E-state index contributed by atoms with van der Waals surface area (Å²) < 4.78 is 0. The fourth-order valence-corrected chi connectivity index (χ4v) is 2.69. The van der Waals surface area contributed by atoms with Crippen LogP contribution in [-0.4, -0.2) is 33.1 Å². The van der Waals surface area contributed by atoms with Gasteiger partial charge in [0.1, 0.15) is 0 Å². The third kappa shape index (κ3) is 2.80. The topological polar surface area (TPSA) is 108 Å². The third-order valence-electron chi connectivity index (χ3n) is 4.21. The molecule has 0 bridgehead atoms. The molecular weight excluding hydrogens is 286 g/mol. The van der Waals surface area contributed by atoms with Gasteiger partial charge < -0.3 is 15.4 Å². The molecule has 0 unspecified atom stereocenters. The van der Waals surface area contributed by atoms with Crippen LogP contribution in [0.25, 0.3) is 10.9 Å². The standard InChI is InChI=1S/C15H17N3O4/c19-14(17-9-15(20)4-1-5-15)6-10-8-16-13-3-2-11(18(21)22)7-12(10)13/h2-3,7-8,16,20H,1,4-6,9H2,(H,17,19). The van der Waals surface area contributed by atoms with Gasteiger partial charge in [-0.05, 0) is 30.9 Å². The second kappa shape index (κ2) is 5.42. The van der Waals surface area contributed by atoms with Gasteiger partial charge in [0.05, 0.1) is 16.9 Å². The first kappa shape index (κ1) is 14.5. The van der Waals surface area contributed by atoms with Crippen molar-refractivity contribution in [2.45, 2.75) is 31.3 Å². The molecule has 1 aromatic carbocycles. The molecule has 0 atom stereocenters. The van der Waals surface area contributed by atoms with Crippen molar-refractivity contribution in [1.82, 2.24) is 10.3 Å². The molecule has 1 heterocycles. The Bertz CT molecular complexity index is 733. The van der Waals surface area contributed by atoms with Gasteiger partial charge >= 0.3 is 0 Å². The van der Waals surface area contributed by atoms with Crippen molar-refractivity contribution >= 4 is 22.5 Å². The van der Waals surface area contributed by atoms with E-state index in [4.69, 9.17) is 0 Å². The summed E-state index contributed by atoms with van der Waals surface area (Å²) in [6.07, 6.45) is 4.22. The van der Waals surface area contributed by atoms with Crippen molar-refractivity contribution in [1.29, 1.82) is 0 Å². The summed E-state index contributed by atoms with van der Waals surface area (Å²) in [7, 11) is 0. The van der Waals surface area contributed by atoms with Gasteiger partial charge in [0.25, 0.3) is 5.69 Å². The van der Waals surface area contributed by atoms with Crippen LogP contribution in [0.3, 0.4) is 0 Å². The van der Waals surface area contributed by atoms with Crippen LogP contribution in [0.15, 0.2) is 24.4 Å². The largest absolute Gasteiger partial charge is 0.388 e. The molecule has 1 saturated carbocycles. The normalized spacial score (nSPS) is 16.2. The Balaban J connectivity index is 1.71. The van der Waals surface area contributed by atoms with E-state index in [-0.39, 0.29) is 24.6 Å². The smallest absolute Gasteiger partial charge is 0.270 e. The lowest BCUT2D eigenvalue weighted by Gasteiger charge is -2.36. The lowest BCUT2D eigenvalue weighted by Crippen LogP contribution is -2.48. The highest BCUT2D eigenvalue weighted by Crippen LogP contribution is 2.30. The quantitative estimate of drug-likeness (QED) is 0.576. The average molecular weight is 303 g/mol. The van der Waals surface area contributed by atoms with Crippen molar-refractivity contribution < 1.29 is 14.8 Å². The van der Waals surface area contributed by atoms with Crippen LogP contribution in [0.2, 0.25) is 0 Å². The number of non-ortho nitro benzene ring substituents is 1. The number of hydrogen-bond acceptors (Lipinski definition) is 4. The Labute approximate surface area is 126 Å². The van der Waals surface area contributed by atoms with E-state index in [0.29, 0.717) is 23.8 Å². The zero-order chi connectivity index (χ0) is 15.7. The molecule has 0 aliphatic heterocycles. The van der Waals surface area contributed by atoms with Gasteiger partial charge in [-0.15, -0.1) is 0 Å². The van der Waals surface area contributed by atoms with Crippen molar-refractivity contribution in [3.05, 3.63) is 40.1 Å². The summed E-state index contributed by atoms with van der Waals surface area (Å²) in [5.41, 5.74) is 0.703. The van der Waals surface area contributed by atoms with E-state index in [0.717, 1.165) is 11.9 Å².